The van der Waals surface area contributed by atoms with E-state index in [9.17, 15) is 9.59 Å². The van der Waals surface area contributed by atoms with Crippen molar-refractivity contribution in [2.24, 2.45) is 10.8 Å². The third-order valence-corrected chi connectivity index (χ3v) is 9.61. The Morgan fingerprint density at radius 3 is 2.12 bits per heavy atom. The zero-order chi connectivity index (χ0) is 30.7. The van der Waals surface area contributed by atoms with Crippen molar-refractivity contribution in [3.05, 3.63) is 92.2 Å². The van der Waals surface area contributed by atoms with Crippen LogP contribution in [0.25, 0.3) is 10.8 Å². The molecule has 1 aliphatic heterocycles. The number of Topliss-reactive ketones (excluding diaryl/α,β-unsaturated/α-hetero) is 2. The second kappa shape index (κ2) is 11.0. The van der Waals surface area contributed by atoms with Crippen molar-refractivity contribution in [2.45, 2.75) is 79.8 Å². The Morgan fingerprint density at radius 1 is 0.860 bits per heavy atom. The second-order valence-electron chi connectivity index (χ2n) is 13.9. The van der Waals surface area contributed by atoms with Crippen LogP contribution >= 0.6 is 15.9 Å². The van der Waals surface area contributed by atoms with Crippen LogP contribution in [0.4, 0.5) is 0 Å². The molecular formula is C37H40BrNO4. The van der Waals surface area contributed by atoms with Gasteiger partial charge in [0.05, 0.1) is 11.1 Å². The van der Waals surface area contributed by atoms with Crippen LogP contribution in [0.2, 0.25) is 0 Å². The van der Waals surface area contributed by atoms with Crippen LogP contribution in [-0.2, 0) is 16.2 Å². The first-order valence-corrected chi connectivity index (χ1v) is 16.0. The Bertz CT molecular complexity index is 1680. The minimum Gasteiger partial charge on any atom is -0.490 e. The first kappa shape index (κ1) is 29.7. The quantitative estimate of drug-likeness (QED) is 0.291. The third-order valence-electron chi connectivity index (χ3n) is 9.02. The number of carbonyl (C=O) groups excluding carboxylic acids is 2. The number of dihydropyridines is 1. The van der Waals surface area contributed by atoms with E-state index in [-0.39, 0.29) is 22.4 Å². The summed E-state index contributed by atoms with van der Waals surface area (Å²) in [7, 11) is 0. The molecule has 0 saturated carbocycles. The van der Waals surface area contributed by atoms with Crippen molar-refractivity contribution in [1.29, 1.82) is 0 Å². The van der Waals surface area contributed by atoms with Gasteiger partial charge in [-0.3, -0.25) is 9.59 Å². The van der Waals surface area contributed by atoms with Gasteiger partial charge in [-0.05, 0) is 87.5 Å². The van der Waals surface area contributed by atoms with Gasteiger partial charge < -0.3 is 14.8 Å². The number of rotatable bonds is 6. The summed E-state index contributed by atoms with van der Waals surface area (Å²) in [6.45, 7) is 13.4. The lowest BCUT2D eigenvalue weighted by molar-refractivity contribution is -0.119. The largest absolute Gasteiger partial charge is 0.490 e. The third kappa shape index (κ3) is 5.55. The van der Waals surface area contributed by atoms with Crippen LogP contribution in [0.1, 0.15) is 82.9 Å². The molecule has 6 rings (SSSR count). The van der Waals surface area contributed by atoms with E-state index in [0.29, 0.717) is 37.6 Å². The van der Waals surface area contributed by atoms with Gasteiger partial charge in [0.2, 0.25) is 0 Å². The van der Waals surface area contributed by atoms with Crippen molar-refractivity contribution >= 4 is 38.3 Å². The Labute approximate surface area is 262 Å². The Morgan fingerprint density at radius 2 is 1.49 bits per heavy atom. The average Bonchev–Trinajstić information content (AvgIpc) is 2.91. The number of aryl methyl sites for hydroxylation is 1. The highest BCUT2D eigenvalue weighted by molar-refractivity contribution is 9.10. The van der Waals surface area contributed by atoms with E-state index in [1.807, 2.05) is 31.2 Å². The molecule has 0 amide bonds. The summed E-state index contributed by atoms with van der Waals surface area (Å²) in [5.41, 5.74) is 6.23. The van der Waals surface area contributed by atoms with Gasteiger partial charge in [0, 0.05) is 46.9 Å². The van der Waals surface area contributed by atoms with Crippen molar-refractivity contribution in [3.63, 3.8) is 0 Å². The van der Waals surface area contributed by atoms with Crippen LogP contribution in [0.15, 0.2) is 75.5 Å². The SMILES string of the molecule is CCOc1cc(C2C3=C(CC(C)(C)CC3=O)NC3=C2C(=O)CC(C)(C)C3)cc(Br)c1OCc1c(C)ccc2ccccc12. The van der Waals surface area contributed by atoms with Gasteiger partial charge in [-0.15, -0.1) is 0 Å². The summed E-state index contributed by atoms with van der Waals surface area (Å²) in [5, 5.41) is 5.94. The molecule has 0 aromatic heterocycles. The van der Waals surface area contributed by atoms with Gasteiger partial charge in [-0.25, -0.2) is 0 Å². The van der Waals surface area contributed by atoms with Crippen molar-refractivity contribution < 1.29 is 19.1 Å². The average molecular weight is 643 g/mol. The summed E-state index contributed by atoms with van der Waals surface area (Å²) in [5.74, 6) is 0.980. The van der Waals surface area contributed by atoms with Crippen molar-refractivity contribution in [3.8, 4) is 11.5 Å². The molecule has 0 spiro atoms. The maximum absolute atomic E-state index is 13.8. The van der Waals surface area contributed by atoms with Crippen LogP contribution in [-0.4, -0.2) is 18.2 Å². The van der Waals surface area contributed by atoms with E-state index >= 15 is 0 Å². The minimum absolute atomic E-state index is 0.105. The van der Waals surface area contributed by atoms with E-state index in [1.165, 1.54) is 10.8 Å². The molecule has 0 saturated heterocycles. The Hall–Kier alpha value is -3.38. The molecule has 6 heteroatoms. The fraction of sp³-hybridized carbons (Fsp3) is 0.405. The molecule has 0 bridgehead atoms. The number of benzene rings is 3. The fourth-order valence-corrected chi connectivity index (χ4v) is 7.73. The summed E-state index contributed by atoms with van der Waals surface area (Å²) in [6, 6.07) is 16.6. The first-order chi connectivity index (χ1) is 20.4. The summed E-state index contributed by atoms with van der Waals surface area (Å²) in [6.07, 6.45) is 2.44. The van der Waals surface area contributed by atoms with Gasteiger partial charge in [0.25, 0.3) is 0 Å². The molecule has 2 aliphatic carbocycles. The van der Waals surface area contributed by atoms with Crippen LogP contribution in [0.5, 0.6) is 11.5 Å². The van der Waals surface area contributed by atoms with E-state index in [4.69, 9.17) is 9.47 Å². The molecule has 0 radical (unpaired) electrons. The number of halogens is 1. The second-order valence-corrected chi connectivity index (χ2v) is 14.7. The van der Waals surface area contributed by atoms with Crippen LogP contribution in [0.3, 0.4) is 0 Å². The van der Waals surface area contributed by atoms with E-state index in [1.54, 1.807) is 0 Å². The summed E-state index contributed by atoms with van der Waals surface area (Å²) in [4.78, 5) is 27.6. The molecule has 43 heavy (non-hydrogen) atoms. The number of nitrogens with one attached hydrogen (secondary N) is 1. The highest BCUT2D eigenvalue weighted by Crippen LogP contribution is 2.52. The lowest BCUT2D eigenvalue weighted by Crippen LogP contribution is -2.42. The van der Waals surface area contributed by atoms with Crippen LogP contribution in [0, 0.1) is 17.8 Å². The number of hydrogen-bond acceptors (Lipinski definition) is 5. The van der Waals surface area contributed by atoms with Gasteiger partial charge in [0.15, 0.2) is 23.1 Å². The molecule has 0 fully saturated rings. The van der Waals surface area contributed by atoms with E-state index in [0.717, 1.165) is 56.5 Å². The maximum atomic E-state index is 13.8. The molecule has 0 unspecified atom stereocenters. The lowest BCUT2D eigenvalue weighted by Gasteiger charge is -2.44. The van der Waals surface area contributed by atoms with Crippen molar-refractivity contribution in [1.82, 2.24) is 5.32 Å². The molecule has 1 N–H and O–H groups in total. The predicted octanol–water partition coefficient (Wildman–Crippen LogP) is 8.86. The van der Waals surface area contributed by atoms with Crippen LogP contribution < -0.4 is 14.8 Å². The fourth-order valence-electron chi connectivity index (χ4n) is 7.16. The van der Waals surface area contributed by atoms with Gasteiger partial charge in [-0.2, -0.15) is 0 Å². The molecule has 3 aliphatic rings. The van der Waals surface area contributed by atoms with Gasteiger partial charge in [-0.1, -0.05) is 64.1 Å². The molecule has 3 aromatic rings. The number of hydrogen-bond donors (Lipinski definition) is 1. The normalized spacial score (nSPS) is 19.7. The van der Waals surface area contributed by atoms with E-state index in [2.05, 4.69) is 80.1 Å². The lowest BCUT2D eigenvalue weighted by atomic mass is 9.64. The molecular weight excluding hydrogens is 602 g/mol. The van der Waals surface area contributed by atoms with E-state index < -0.39 is 5.92 Å². The number of ketones is 2. The monoisotopic (exact) mass is 641 g/mol. The number of ether oxygens (including phenoxy) is 2. The Kier molecular flexibility index (Phi) is 7.56. The summed E-state index contributed by atoms with van der Waals surface area (Å²) >= 11 is 3.80. The maximum Gasteiger partial charge on any atom is 0.175 e. The highest BCUT2D eigenvalue weighted by Gasteiger charge is 2.46. The minimum atomic E-state index is -0.441. The predicted molar refractivity (Wildman–Crippen MR) is 174 cm³/mol. The molecule has 0 atom stereocenters. The van der Waals surface area contributed by atoms with Gasteiger partial charge in [0.1, 0.15) is 6.61 Å². The molecule has 5 nitrogen and oxygen atoms in total. The Balaban J connectivity index is 1.45. The van der Waals surface area contributed by atoms with Gasteiger partial charge >= 0.3 is 0 Å². The smallest absolute Gasteiger partial charge is 0.175 e. The number of carbonyl (C=O) groups is 2. The standard InChI is InChI=1S/C37H40BrNO4/c1-7-42-31-15-23(14-26(38)35(31)43-20-25-21(2)12-13-22-10-8-9-11-24(22)25)32-33-27(16-36(3,4)18-29(33)40)39-28-17-37(5,6)19-30(41)34(28)32/h8-15,32,39H,7,16-20H2,1-6H3. The first-order valence-electron chi connectivity index (χ1n) is 15.2. The summed E-state index contributed by atoms with van der Waals surface area (Å²) < 4.78 is 13.4. The number of allylic oxidation sites excluding steroid dienone is 4. The van der Waals surface area contributed by atoms with Crippen molar-refractivity contribution in [2.75, 3.05) is 6.61 Å². The molecule has 224 valence electrons. The topological polar surface area (TPSA) is 64.6 Å². The number of fused-ring (bicyclic) bond motifs is 1. The highest BCUT2D eigenvalue weighted by atomic mass is 79.9. The molecule has 3 aromatic carbocycles. The molecule has 1 heterocycles. The zero-order valence-corrected chi connectivity index (χ0v) is 27.5. The zero-order valence-electron chi connectivity index (χ0n) is 25.9.